The van der Waals surface area contributed by atoms with E-state index >= 15 is 0 Å². The number of pyridine rings is 1. The van der Waals surface area contributed by atoms with Gasteiger partial charge in [-0.2, -0.15) is 0 Å². The highest BCUT2D eigenvalue weighted by molar-refractivity contribution is 5.92. The monoisotopic (exact) mass is 336 g/mol. The van der Waals surface area contributed by atoms with Gasteiger partial charge in [0.2, 0.25) is 0 Å². The Kier molecular flexibility index (Phi) is 4.05. The molecule has 7 heteroatoms. The third-order valence-electron chi connectivity index (χ3n) is 4.70. The van der Waals surface area contributed by atoms with Gasteiger partial charge in [-0.15, -0.1) is 0 Å². The summed E-state index contributed by atoms with van der Waals surface area (Å²) in [6.07, 6.45) is 12.9. The first-order chi connectivity index (χ1) is 12.2. The van der Waals surface area contributed by atoms with Gasteiger partial charge in [-0.1, -0.05) is 0 Å². The van der Waals surface area contributed by atoms with E-state index in [0.717, 1.165) is 30.9 Å². The van der Waals surface area contributed by atoms with Gasteiger partial charge in [0.1, 0.15) is 11.5 Å². The number of piperidine rings is 1. The van der Waals surface area contributed by atoms with E-state index in [9.17, 15) is 4.79 Å². The number of rotatable bonds is 3. The summed E-state index contributed by atoms with van der Waals surface area (Å²) in [5.74, 6) is 0.854. The molecule has 1 atom stereocenters. The molecule has 0 aliphatic carbocycles. The third-order valence-corrected chi connectivity index (χ3v) is 4.70. The first kappa shape index (κ1) is 15.6. The number of aromatic nitrogens is 5. The fraction of sp³-hybridized carbons (Fsp3) is 0.333. The molecule has 4 rings (SSSR count). The van der Waals surface area contributed by atoms with Gasteiger partial charge in [0.25, 0.3) is 5.91 Å². The van der Waals surface area contributed by atoms with Crippen molar-refractivity contribution in [3.8, 4) is 5.69 Å². The minimum atomic E-state index is -0.0237. The van der Waals surface area contributed by atoms with Crippen LogP contribution in [-0.2, 0) is 0 Å². The summed E-state index contributed by atoms with van der Waals surface area (Å²) >= 11 is 0. The Bertz CT molecular complexity index is 869. The van der Waals surface area contributed by atoms with Crippen LogP contribution in [0.5, 0.6) is 0 Å². The van der Waals surface area contributed by atoms with Crippen molar-refractivity contribution in [2.45, 2.75) is 25.8 Å². The molecule has 25 heavy (non-hydrogen) atoms. The zero-order valence-electron chi connectivity index (χ0n) is 14.1. The molecule has 0 radical (unpaired) electrons. The SMILES string of the molecule is Cc1nccn1-c1ccnc(C(=O)N2CCCC(n3ccnc3)C2)c1. The predicted molar refractivity (Wildman–Crippen MR) is 92.5 cm³/mol. The summed E-state index contributed by atoms with van der Waals surface area (Å²) in [6, 6.07) is 3.99. The Morgan fingerprint density at radius 2 is 2.12 bits per heavy atom. The second-order valence-electron chi connectivity index (χ2n) is 6.30. The zero-order chi connectivity index (χ0) is 17.2. The van der Waals surface area contributed by atoms with Crippen LogP contribution in [0.25, 0.3) is 5.69 Å². The number of hydrogen-bond acceptors (Lipinski definition) is 4. The number of carbonyl (C=O) groups is 1. The Labute approximate surface area is 146 Å². The molecule has 1 aliphatic heterocycles. The lowest BCUT2D eigenvalue weighted by Crippen LogP contribution is -2.40. The number of aryl methyl sites for hydroxylation is 1. The molecular weight excluding hydrogens is 316 g/mol. The molecule has 1 saturated heterocycles. The molecule has 128 valence electrons. The van der Waals surface area contributed by atoms with E-state index in [-0.39, 0.29) is 11.9 Å². The number of carbonyl (C=O) groups excluding carboxylic acids is 1. The summed E-state index contributed by atoms with van der Waals surface area (Å²) in [5, 5.41) is 0. The van der Waals surface area contributed by atoms with E-state index in [1.54, 1.807) is 18.6 Å². The van der Waals surface area contributed by atoms with Crippen LogP contribution in [0.3, 0.4) is 0 Å². The second kappa shape index (κ2) is 6.51. The minimum absolute atomic E-state index is 0.0237. The fourth-order valence-corrected chi connectivity index (χ4v) is 3.37. The van der Waals surface area contributed by atoms with E-state index in [2.05, 4.69) is 19.5 Å². The average Bonchev–Trinajstić information content (AvgIpc) is 3.33. The van der Waals surface area contributed by atoms with Crippen LogP contribution in [0.4, 0.5) is 0 Å². The molecule has 7 nitrogen and oxygen atoms in total. The number of likely N-dealkylation sites (tertiary alicyclic amines) is 1. The van der Waals surface area contributed by atoms with Crippen molar-refractivity contribution in [1.29, 1.82) is 0 Å². The molecular formula is C18H20N6O. The molecule has 4 heterocycles. The van der Waals surface area contributed by atoms with Crippen molar-refractivity contribution in [3.63, 3.8) is 0 Å². The predicted octanol–water partition coefficient (Wildman–Crippen LogP) is 2.25. The van der Waals surface area contributed by atoms with Gasteiger partial charge < -0.3 is 14.0 Å². The van der Waals surface area contributed by atoms with E-state index in [1.165, 1.54) is 0 Å². The summed E-state index contributed by atoms with van der Waals surface area (Å²) in [6.45, 7) is 3.38. The average molecular weight is 336 g/mol. The lowest BCUT2D eigenvalue weighted by Gasteiger charge is -2.33. The summed E-state index contributed by atoms with van der Waals surface area (Å²) in [4.78, 5) is 27.5. The van der Waals surface area contributed by atoms with Crippen LogP contribution in [0, 0.1) is 6.92 Å². The van der Waals surface area contributed by atoms with Gasteiger partial charge in [-0.05, 0) is 31.9 Å². The van der Waals surface area contributed by atoms with Crippen LogP contribution < -0.4 is 0 Å². The molecule has 1 aliphatic rings. The van der Waals surface area contributed by atoms with Crippen LogP contribution in [0.2, 0.25) is 0 Å². The Hall–Kier alpha value is -2.96. The van der Waals surface area contributed by atoms with E-state index in [0.29, 0.717) is 12.2 Å². The number of hydrogen-bond donors (Lipinski definition) is 0. The summed E-state index contributed by atoms with van der Waals surface area (Å²) < 4.78 is 4.03. The molecule has 0 aromatic carbocycles. The van der Waals surface area contributed by atoms with E-state index < -0.39 is 0 Å². The first-order valence-corrected chi connectivity index (χ1v) is 8.45. The van der Waals surface area contributed by atoms with Crippen LogP contribution in [0.1, 0.15) is 35.2 Å². The highest BCUT2D eigenvalue weighted by atomic mass is 16.2. The molecule has 1 unspecified atom stereocenters. The standard InChI is InChI=1S/C18H20N6O/c1-14-20-7-10-24(14)15-4-5-21-17(11-15)18(25)22-8-2-3-16(12-22)23-9-6-19-13-23/h4-7,9-11,13,16H,2-3,8,12H2,1H3. The van der Waals surface area contributed by atoms with Gasteiger partial charge in [-0.25, -0.2) is 9.97 Å². The lowest BCUT2D eigenvalue weighted by atomic mass is 10.1. The summed E-state index contributed by atoms with van der Waals surface area (Å²) in [7, 11) is 0. The van der Waals surface area contributed by atoms with E-state index in [1.807, 2.05) is 47.2 Å². The number of nitrogens with zero attached hydrogens (tertiary/aromatic N) is 6. The van der Waals surface area contributed by atoms with Gasteiger partial charge in [0.05, 0.1) is 18.1 Å². The smallest absolute Gasteiger partial charge is 0.272 e. The summed E-state index contributed by atoms with van der Waals surface area (Å²) in [5.41, 5.74) is 1.37. The largest absolute Gasteiger partial charge is 0.335 e. The Balaban J connectivity index is 1.55. The normalized spacial score (nSPS) is 17.6. The maximum atomic E-state index is 12.9. The molecule has 0 N–H and O–H groups in total. The molecule has 3 aromatic rings. The quantitative estimate of drug-likeness (QED) is 0.736. The lowest BCUT2D eigenvalue weighted by molar-refractivity contribution is 0.0673. The van der Waals surface area contributed by atoms with E-state index in [4.69, 9.17) is 0 Å². The minimum Gasteiger partial charge on any atom is -0.335 e. The Morgan fingerprint density at radius 1 is 1.20 bits per heavy atom. The second-order valence-corrected chi connectivity index (χ2v) is 6.30. The highest BCUT2D eigenvalue weighted by Gasteiger charge is 2.26. The van der Waals surface area contributed by atoms with Crippen molar-refractivity contribution in [1.82, 2.24) is 29.0 Å². The topological polar surface area (TPSA) is 68.8 Å². The van der Waals surface area contributed by atoms with Crippen molar-refractivity contribution >= 4 is 5.91 Å². The van der Waals surface area contributed by atoms with Gasteiger partial charge in [0, 0.05) is 44.1 Å². The molecule has 0 saturated carbocycles. The van der Waals surface area contributed by atoms with Crippen molar-refractivity contribution < 1.29 is 4.79 Å². The molecule has 1 fully saturated rings. The van der Waals surface area contributed by atoms with Crippen LogP contribution >= 0.6 is 0 Å². The zero-order valence-corrected chi connectivity index (χ0v) is 14.1. The van der Waals surface area contributed by atoms with Crippen LogP contribution in [-0.4, -0.2) is 48.0 Å². The number of amides is 1. The van der Waals surface area contributed by atoms with Crippen molar-refractivity contribution in [2.75, 3.05) is 13.1 Å². The molecule has 0 spiro atoms. The molecule has 1 amide bonds. The Morgan fingerprint density at radius 3 is 2.88 bits per heavy atom. The number of imidazole rings is 2. The first-order valence-electron chi connectivity index (χ1n) is 8.45. The van der Waals surface area contributed by atoms with Gasteiger partial charge in [-0.3, -0.25) is 9.78 Å². The molecule has 3 aromatic heterocycles. The maximum absolute atomic E-state index is 12.9. The molecule has 0 bridgehead atoms. The van der Waals surface area contributed by atoms with Gasteiger partial charge >= 0.3 is 0 Å². The van der Waals surface area contributed by atoms with Crippen molar-refractivity contribution in [2.24, 2.45) is 0 Å². The highest BCUT2D eigenvalue weighted by Crippen LogP contribution is 2.22. The fourth-order valence-electron chi connectivity index (χ4n) is 3.37. The van der Waals surface area contributed by atoms with Gasteiger partial charge in [0.15, 0.2) is 0 Å². The van der Waals surface area contributed by atoms with Crippen molar-refractivity contribution in [3.05, 3.63) is 61.0 Å². The maximum Gasteiger partial charge on any atom is 0.272 e. The van der Waals surface area contributed by atoms with Crippen LogP contribution in [0.15, 0.2) is 49.4 Å². The third kappa shape index (κ3) is 3.05.